The molecule has 2 atom stereocenters. The number of imide groups is 1. The molecule has 1 saturated heterocycles. The zero-order valence-corrected chi connectivity index (χ0v) is 25.1. The van der Waals surface area contributed by atoms with Crippen LogP contribution in [0, 0.1) is 25.7 Å². The molecule has 0 aromatic heterocycles. The molecule has 4 aliphatic rings. The van der Waals surface area contributed by atoms with Gasteiger partial charge >= 0.3 is 5.97 Å². The highest BCUT2D eigenvalue weighted by Crippen LogP contribution is 2.61. The number of hydrogen-bond acceptors (Lipinski definition) is 5. The second-order valence-electron chi connectivity index (χ2n) is 11.4. The van der Waals surface area contributed by atoms with Gasteiger partial charge in [0.05, 0.1) is 23.1 Å². The van der Waals surface area contributed by atoms with Gasteiger partial charge in [-0.2, -0.15) is 0 Å². The first-order valence-electron chi connectivity index (χ1n) is 14.1. The van der Waals surface area contributed by atoms with Crippen molar-refractivity contribution >= 4 is 51.0 Å². The van der Waals surface area contributed by atoms with Crippen molar-refractivity contribution in [1.82, 2.24) is 0 Å². The highest BCUT2D eigenvalue weighted by Gasteiger charge is 2.61. The number of nitrogens with zero attached hydrogens (tertiary/aromatic N) is 1. The van der Waals surface area contributed by atoms with E-state index in [0.717, 1.165) is 37.9 Å². The number of amides is 3. The lowest BCUT2D eigenvalue weighted by atomic mass is 9.55. The first-order valence-corrected chi connectivity index (χ1v) is 14.9. The number of aryl methyl sites for hydroxylation is 2. The average Bonchev–Trinajstić information content (AvgIpc) is 3.28. The number of ether oxygens (including phenoxy) is 1. The Balaban J connectivity index is 1.11. The van der Waals surface area contributed by atoms with Crippen molar-refractivity contribution in [3.05, 3.63) is 128 Å². The Morgan fingerprint density at radius 2 is 1.28 bits per heavy atom. The van der Waals surface area contributed by atoms with Crippen LogP contribution in [0.1, 0.15) is 55.6 Å². The minimum Gasteiger partial charge on any atom is -0.452 e. The topological polar surface area (TPSA) is 92.8 Å². The van der Waals surface area contributed by atoms with Crippen LogP contribution in [-0.2, 0) is 19.1 Å². The van der Waals surface area contributed by atoms with Gasteiger partial charge in [0.25, 0.3) is 5.91 Å². The van der Waals surface area contributed by atoms with Crippen molar-refractivity contribution in [2.24, 2.45) is 11.8 Å². The molecule has 0 saturated carbocycles. The van der Waals surface area contributed by atoms with Crippen LogP contribution in [0.15, 0.2) is 89.4 Å². The Kier molecular flexibility index (Phi) is 6.54. The quantitative estimate of drug-likeness (QED) is 0.207. The summed E-state index contributed by atoms with van der Waals surface area (Å²) in [4.78, 5) is 54.8. The molecule has 1 heterocycles. The molecule has 1 aliphatic heterocycles. The second kappa shape index (κ2) is 10.3. The summed E-state index contributed by atoms with van der Waals surface area (Å²) >= 11 is 3.51. The Bertz CT molecular complexity index is 1730. The molecule has 1 N–H and O–H groups in total. The van der Waals surface area contributed by atoms with Gasteiger partial charge in [-0.15, -0.1) is 0 Å². The first kappa shape index (κ1) is 27.3. The van der Waals surface area contributed by atoms with E-state index in [-0.39, 0.29) is 29.2 Å². The maximum absolute atomic E-state index is 14.0. The highest BCUT2D eigenvalue weighted by atomic mass is 79.9. The summed E-state index contributed by atoms with van der Waals surface area (Å²) in [5.41, 5.74) is 7.39. The minimum absolute atomic E-state index is 0.144. The van der Waals surface area contributed by atoms with Crippen LogP contribution < -0.4 is 10.2 Å². The largest absolute Gasteiger partial charge is 0.452 e. The lowest BCUT2D eigenvalue weighted by molar-refractivity contribution is -0.122. The summed E-state index contributed by atoms with van der Waals surface area (Å²) in [6.07, 6.45) is 0. The molecule has 43 heavy (non-hydrogen) atoms. The predicted molar refractivity (Wildman–Crippen MR) is 165 cm³/mol. The van der Waals surface area contributed by atoms with Crippen LogP contribution in [0.5, 0.6) is 0 Å². The first-order chi connectivity index (χ1) is 20.7. The normalized spacial score (nSPS) is 21.2. The summed E-state index contributed by atoms with van der Waals surface area (Å²) in [5.74, 6) is -3.20. The summed E-state index contributed by atoms with van der Waals surface area (Å²) in [5, 5.41) is 2.75. The molecule has 8 heteroatoms. The minimum atomic E-state index is -0.725. The van der Waals surface area contributed by atoms with Crippen molar-refractivity contribution in [2.45, 2.75) is 25.7 Å². The van der Waals surface area contributed by atoms with Gasteiger partial charge in [0, 0.05) is 22.0 Å². The van der Waals surface area contributed by atoms with E-state index in [9.17, 15) is 19.2 Å². The van der Waals surface area contributed by atoms with Gasteiger partial charge in [-0.1, -0.05) is 70.5 Å². The van der Waals surface area contributed by atoms with Gasteiger partial charge in [0.1, 0.15) is 0 Å². The number of nitrogens with one attached hydrogen (secondary N) is 1. The third-order valence-electron chi connectivity index (χ3n) is 8.84. The molecule has 4 aromatic rings. The number of esters is 1. The molecule has 0 radical (unpaired) electrons. The SMILES string of the molecule is Cc1cc(NC(=O)COC(=O)c2cccc(N3C(=O)[C@@H]4C5c6ccccc6C(c6ccccc65)[C@@H]4C3=O)c2)cc(C)c1Br. The summed E-state index contributed by atoms with van der Waals surface area (Å²) in [6, 6.07) is 26.1. The average molecular weight is 636 g/mol. The van der Waals surface area contributed by atoms with Crippen molar-refractivity contribution in [3.8, 4) is 0 Å². The number of carbonyl (C=O) groups is 4. The Morgan fingerprint density at radius 3 is 1.79 bits per heavy atom. The molecule has 214 valence electrons. The molecular formula is C35H27BrN2O5. The van der Waals surface area contributed by atoms with Gasteiger partial charge in [0.15, 0.2) is 6.61 Å². The smallest absolute Gasteiger partial charge is 0.338 e. The van der Waals surface area contributed by atoms with Crippen molar-refractivity contribution < 1.29 is 23.9 Å². The Hall–Kier alpha value is -4.56. The standard InChI is InChI=1S/C35H27BrN2O5/c1-18-14-21(15-19(2)32(18)36)37-27(39)17-43-35(42)20-8-7-9-22(16-20)38-33(40)30-28-23-10-3-4-11-24(23)29(31(30)34(38)41)26-13-6-5-12-25(26)28/h3-16,28-31H,17H2,1-2H3,(H,37,39)/t28?,29?,30-,31+. The number of rotatable bonds is 5. The van der Waals surface area contributed by atoms with Crippen molar-refractivity contribution in [3.63, 3.8) is 0 Å². The number of benzene rings is 4. The van der Waals surface area contributed by atoms with Gasteiger partial charge in [0.2, 0.25) is 11.8 Å². The molecule has 8 rings (SSSR count). The lowest BCUT2D eigenvalue weighted by Crippen LogP contribution is -2.41. The van der Waals surface area contributed by atoms with E-state index >= 15 is 0 Å². The van der Waals surface area contributed by atoms with Crippen molar-refractivity contribution in [2.75, 3.05) is 16.8 Å². The summed E-state index contributed by atoms with van der Waals surface area (Å²) in [6.45, 7) is 3.36. The number of halogens is 1. The fourth-order valence-corrected chi connectivity index (χ4v) is 7.36. The van der Waals surface area contributed by atoms with E-state index in [1.165, 1.54) is 11.0 Å². The number of anilines is 2. The van der Waals surface area contributed by atoms with E-state index in [0.29, 0.717) is 11.4 Å². The third-order valence-corrected chi connectivity index (χ3v) is 10.1. The van der Waals surface area contributed by atoms with Crippen LogP contribution in [0.3, 0.4) is 0 Å². The van der Waals surface area contributed by atoms with E-state index in [2.05, 4.69) is 45.5 Å². The van der Waals surface area contributed by atoms with Crippen LogP contribution in [-0.4, -0.2) is 30.3 Å². The van der Waals surface area contributed by atoms with Gasteiger partial charge < -0.3 is 10.1 Å². The molecule has 3 aliphatic carbocycles. The van der Waals surface area contributed by atoms with Gasteiger partial charge in [-0.3, -0.25) is 14.4 Å². The summed E-state index contributed by atoms with van der Waals surface area (Å²) in [7, 11) is 0. The van der Waals surface area contributed by atoms with E-state index in [1.807, 2.05) is 50.2 Å². The lowest BCUT2D eigenvalue weighted by Gasteiger charge is -2.45. The van der Waals surface area contributed by atoms with Crippen molar-refractivity contribution in [1.29, 1.82) is 0 Å². The third kappa shape index (κ3) is 4.31. The molecule has 4 aromatic carbocycles. The maximum Gasteiger partial charge on any atom is 0.338 e. The zero-order valence-electron chi connectivity index (χ0n) is 23.5. The number of carbonyl (C=O) groups excluding carboxylic acids is 4. The molecule has 7 nitrogen and oxygen atoms in total. The van der Waals surface area contributed by atoms with Crippen LogP contribution in [0.25, 0.3) is 0 Å². The highest BCUT2D eigenvalue weighted by molar-refractivity contribution is 9.10. The molecule has 1 fully saturated rings. The van der Waals surface area contributed by atoms with Crippen LogP contribution in [0.4, 0.5) is 11.4 Å². The fourth-order valence-electron chi connectivity index (χ4n) is 7.13. The maximum atomic E-state index is 14.0. The molecule has 3 amide bonds. The van der Waals surface area contributed by atoms with Crippen LogP contribution >= 0.6 is 15.9 Å². The van der Waals surface area contributed by atoms with E-state index in [1.54, 1.807) is 18.2 Å². The number of hydrogen-bond donors (Lipinski definition) is 1. The Morgan fingerprint density at radius 1 is 0.767 bits per heavy atom. The molecule has 0 unspecified atom stereocenters. The summed E-state index contributed by atoms with van der Waals surface area (Å²) < 4.78 is 6.26. The fraction of sp³-hybridized carbons (Fsp3) is 0.200. The predicted octanol–water partition coefficient (Wildman–Crippen LogP) is 6.26. The molecular weight excluding hydrogens is 608 g/mol. The van der Waals surface area contributed by atoms with Gasteiger partial charge in [-0.05, 0) is 77.6 Å². The van der Waals surface area contributed by atoms with E-state index in [4.69, 9.17) is 4.74 Å². The molecule has 0 spiro atoms. The monoisotopic (exact) mass is 634 g/mol. The Labute approximate surface area is 257 Å². The van der Waals surface area contributed by atoms with Gasteiger partial charge in [-0.25, -0.2) is 9.69 Å². The van der Waals surface area contributed by atoms with E-state index < -0.39 is 30.3 Å². The zero-order chi connectivity index (χ0) is 30.0. The van der Waals surface area contributed by atoms with Crippen LogP contribution in [0.2, 0.25) is 0 Å². The molecule has 2 bridgehead atoms. The second-order valence-corrected chi connectivity index (χ2v) is 12.2.